The largest absolute Gasteiger partial charge is 0.486 e. The third-order valence-corrected chi connectivity index (χ3v) is 6.16. The Bertz CT molecular complexity index is 1070. The highest BCUT2D eigenvalue weighted by Gasteiger charge is 2.24. The minimum Gasteiger partial charge on any atom is -0.486 e. The third-order valence-electron chi connectivity index (χ3n) is 5.29. The van der Waals surface area contributed by atoms with E-state index in [1.807, 2.05) is 41.5 Å². The van der Waals surface area contributed by atoms with Gasteiger partial charge in [0.15, 0.2) is 11.5 Å². The number of benzene rings is 2. The molecule has 0 saturated carbocycles. The monoisotopic (exact) mass is 438 g/mol. The molecule has 0 bridgehead atoms. The van der Waals surface area contributed by atoms with Crippen molar-refractivity contribution in [2.45, 2.75) is 46.4 Å². The van der Waals surface area contributed by atoms with E-state index >= 15 is 0 Å². The van der Waals surface area contributed by atoms with E-state index in [1.165, 1.54) is 0 Å². The minimum absolute atomic E-state index is 0.0433. The zero-order chi connectivity index (χ0) is 21.8. The van der Waals surface area contributed by atoms with Gasteiger partial charge in [-0.1, -0.05) is 19.1 Å². The summed E-state index contributed by atoms with van der Waals surface area (Å²) in [6, 6.07) is 13.4. The number of hydrogen-bond acceptors (Lipinski definition) is 6. The Morgan fingerprint density at radius 1 is 1.23 bits per heavy atom. The van der Waals surface area contributed by atoms with Gasteiger partial charge in [-0.05, 0) is 56.2 Å². The van der Waals surface area contributed by atoms with E-state index in [1.54, 1.807) is 29.5 Å². The number of amides is 1. The molecule has 0 radical (unpaired) electrons. The first kappa shape index (κ1) is 21.2. The topological polar surface area (TPSA) is 60.9 Å². The second-order valence-electron chi connectivity index (χ2n) is 7.60. The summed E-state index contributed by atoms with van der Waals surface area (Å²) >= 11 is 1.55. The Labute approximate surface area is 186 Å². The number of carbonyl (C=O) groups excluding carboxylic acids is 1. The molecule has 6 nitrogen and oxygen atoms in total. The van der Waals surface area contributed by atoms with Gasteiger partial charge in [-0.15, -0.1) is 11.3 Å². The summed E-state index contributed by atoms with van der Waals surface area (Å²) in [6.07, 6.45) is 0.851. The molecule has 162 valence electrons. The molecule has 3 aromatic rings. The zero-order valence-electron chi connectivity index (χ0n) is 18.0. The lowest BCUT2D eigenvalue weighted by Gasteiger charge is -2.28. The minimum atomic E-state index is -0.0433. The van der Waals surface area contributed by atoms with E-state index in [2.05, 4.69) is 13.8 Å². The van der Waals surface area contributed by atoms with Crippen LogP contribution in [-0.4, -0.2) is 28.6 Å². The number of ether oxygens (including phenoxy) is 3. The molecular formula is C24H26N2O4S. The fourth-order valence-corrected chi connectivity index (χ4v) is 4.05. The maximum Gasteiger partial charge on any atom is 0.254 e. The average Bonchev–Trinajstić information content (AvgIpc) is 3.43. The lowest BCUT2D eigenvalue weighted by Crippen LogP contribution is -2.37. The zero-order valence-corrected chi connectivity index (χ0v) is 18.8. The van der Waals surface area contributed by atoms with E-state index in [4.69, 9.17) is 19.2 Å². The standard InChI is InChI=1S/C24H26N2O4S/c1-4-17(3)26(24(27)18-8-9-21-22(11-18)30-15-29-21)12-19-14-31-23(25-19)13-28-20-7-5-6-16(2)10-20/h5-11,14,17H,4,12-13,15H2,1-3H3/t17-/m1/s1. The highest BCUT2D eigenvalue weighted by Crippen LogP contribution is 2.33. The molecular weight excluding hydrogens is 412 g/mol. The predicted molar refractivity (Wildman–Crippen MR) is 120 cm³/mol. The van der Waals surface area contributed by atoms with Crippen molar-refractivity contribution in [1.82, 2.24) is 9.88 Å². The molecule has 0 saturated heterocycles. The van der Waals surface area contributed by atoms with Crippen LogP contribution in [0.3, 0.4) is 0 Å². The molecule has 31 heavy (non-hydrogen) atoms. The van der Waals surface area contributed by atoms with Gasteiger partial charge in [0, 0.05) is 17.0 Å². The Morgan fingerprint density at radius 2 is 2.06 bits per heavy atom. The van der Waals surface area contributed by atoms with E-state index in [-0.39, 0.29) is 18.7 Å². The van der Waals surface area contributed by atoms with Gasteiger partial charge in [0.25, 0.3) is 5.91 Å². The molecule has 7 heteroatoms. The molecule has 1 aromatic heterocycles. The van der Waals surface area contributed by atoms with E-state index in [0.717, 1.165) is 28.4 Å². The molecule has 4 rings (SSSR count). The van der Waals surface area contributed by atoms with Gasteiger partial charge in [-0.25, -0.2) is 4.98 Å². The maximum atomic E-state index is 13.3. The second-order valence-corrected chi connectivity index (χ2v) is 8.54. The molecule has 1 aliphatic rings. The van der Waals surface area contributed by atoms with E-state index in [0.29, 0.717) is 30.2 Å². The average molecular weight is 439 g/mol. The molecule has 2 heterocycles. The number of rotatable bonds is 8. The SMILES string of the molecule is CC[C@@H](C)N(Cc1csc(COc2cccc(C)c2)n1)C(=O)c1ccc2c(c1)OCO2. The number of thiazole rings is 1. The number of aromatic nitrogens is 1. The van der Waals surface area contributed by atoms with Crippen LogP contribution in [0.25, 0.3) is 0 Å². The maximum absolute atomic E-state index is 13.3. The summed E-state index contributed by atoms with van der Waals surface area (Å²) < 4.78 is 16.6. The highest BCUT2D eigenvalue weighted by molar-refractivity contribution is 7.09. The Hall–Kier alpha value is -3.06. The van der Waals surface area contributed by atoms with Crippen molar-refractivity contribution in [3.63, 3.8) is 0 Å². The lowest BCUT2D eigenvalue weighted by atomic mass is 10.1. The third kappa shape index (κ3) is 4.99. The fraction of sp³-hybridized carbons (Fsp3) is 0.333. The van der Waals surface area contributed by atoms with Crippen LogP contribution in [-0.2, 0) is 13.2 Å². The van der Waals surface area contributed by atoms with Crippen molar-refractivity contribution in [2.75, 3.05) is 6.79 Å². The van der Waals surface area contributed by atoms with Gasteiger partial charge in [0.05, 0.1) is 12.2 Å². The van der Waals surface area contributed by atoms with E-state index < -0.39 is 0 Å². The van der Waals surface area contributed by atoms with Crippen LogP contribution in [0.15, 0.2) is 47.8 Å². The van der Waals surface area contributed by atoms with Crippen LogP contribution >= 0.6 is 11.3 Å². The summed E-state index contributed by atoms with van der Waals surface area (Å²) in [5, 5.41) is 2.88. The van der Waals surface area contributed by atoms with Crippen molar-refractivity contribution in [2.24, 2.45) is 0 Å². The normalized spacial score (nSPS) is 13.1. The van der Waals surface area contributed by atoms with Crippen molar-refractivity contribution in [1.29, 1.82) is 0 Å². The van der Waals surface area contributed by atoms with Crippen LogP contribution in [0.5, 0.6) is 17.2 Å². The van der Waals surface area contributed by atoms with Gasteiger partial charge < -0.3 is 19.1 Å². The smallest absolute Gasteiger partial charge is 0.254 e. The lowest BCUT2D eigenvalue weighted by molar-refractivity contribution is 0.0668. The second kappa shape index (κ2) is 9.39. The van der Waals surface area contributed by atoms with Crippen molar-refractivity contribution < 1.29 is 19.0 Å². The first-order chi connectivity index (χ1) is 15.0. The molecule has 2 aromatic carbocycles. The van der Waals surface area contributed by atoms with Gasteiger partial charge in [-0.2, -0.15) is 0 Å². The molecule has 1 aliphatic heterocycles. The fourth-order valence-electron chi connectivity index (χ4n) is 3.36. The van der Waals surface area contributed by atoms with Gasteiger partial charge in [-0.3, -0.25) is 4.79 Å². The number of fused-ring (bicyclic) bond motifs is 1. The Morgan fingerprint density at radius 3 is 2.87 bits per heavy atom. The molecule has 0 spiro atoms. The Kier molecular flexibility index (Phi) is 6.42. The number of aryl methyl sites for hydroxylation is 1. The van der Waals surface area contributed by atoms with Crippen molar-refractivity contribution in [3.8, 4) is 17.2 Å². The molecule has 0 aliphatic carbocycles. The van der Waals surface area contributed by atoms with E-state index in [9.17, 15) is 4.79 Å². The van der Waals surface area contributed by atoms with Crippen LogP contribution in [0.4, 0.5) is 0 Å². The van der Waals surface area contributed by atoms with Crippen LogP contribution in [0, 0.1) is 6.92 Å². The quantitative estimate of drug-likeness (QED) is 0.484. The van der Waals surface area contributed by atoms with Crippen LogP contribution in [0.1, 0.15) is 46.9 Å². The van der Waals surface area contributed by atoms with Crippen LogP contribution < -0.4 is 14.2 Å². The number of hydrogen-bond donors (Lipinski definition) is 0. The molecule has 0 unspecified atom stereocenters. The Balaban J connectivity index is 1.45. The summed E-state index contributed by atoms with van der Waals surface area (Å²) in [4.78, 5) is 19.8. The molecule has 0 fully saturated rings. The van der Waals surface area contributed by atoms with Gasteiger partial charge in [0.1, 0.15) is 17.4 Å². The summed E-state index contributed by atoms with van der Waals surface area (Å²) in [5.74, 6) is 2.07. The summed E-state index contributed by atoms with van der Waals surface area (Å²) in [7, 11) is 0. The first-order valence-corrected chi connectivity index (χ1v) is 11.2. The molecule has 1 amide bonds. The predicted octanol–water partition coefficient (Wildman–Crippen LogP) is 5.20. The highest BCUT2D eigenvalue weighted by atomic mass is 32.1. The molecule has 0 N–H and O–H groups in total. The summed E-state index contributed by atoms with van der Waals surface area (Å²) in [5.41, 5.74) is 2.61. The number of carbonyl (C=O) groups is 1. The summed E-state index contributed by atoms with van der Waals surface area (Å²) in [6.45, 7) is 7.21. The van der Waals surface area contributed by atoms with Crippen molar-refractivity contribution >= 4 is 17.2 Å². The van der Waals surface area contributed by atoms with Crippen molar-refractivity contribution in [3.05, 3.63) is 69.7 Å². The number of nitrogens with zero attached hydrogens (tertiary/aromatic N) is 2. The van der Waals surface area contributed by atoms with Crippen LogP contribution in [0.2, 0.25) is 0 Å². The first-order valence-electron chi connectivity index (χ1n) is 10.4. The van der Waals surface area contributed by atoms with Gasteiger partial charge >= 0.3 is 0 Å². The van der Waals surface area contributed by atoms with Gasteiger partial charge in [0.2, 0.25) is 6.79 Å². The molecule has 1 atom stereocenters.